The molecule has 0 heterocycles. The number of rotatable bonds is 2. The molecule has 0 aromatic heterocycles. The van der Waals surface area contributed by atoms with Gasteiger partial charge in [-0.15, -0.1) is 0 Å². The second kappa shape index (κ2) is 4.80. The van der Waals surface area contributed by atoms with Crippen LogP contribution in [0.5, 0.6) is 0 Å². The zero-order valence-electron chi connectivity index (χ0n) is 8.85. The Morgan fingerprint density at radius 1 is 1.14 bits per heavy atom. The van der Waals surface area contributed by atoms with Crippen molar-refractivity contribution in [3.05, 3.63) is 34.3 Å². The number of alkyl halides is 1. The minimum absolute atomic E-state index is 0.313. The van der Waals surface area contributed by atoms with Crippen molar-refractivity contribution in [3.8, 4) is 0 Å². The third-order valence-corrected chi connectivity index (χ3v) is 4.49. The summed E-state index contributed by atoms with van der Waals surface area (Å²) in [5.41, 5.74) is 1.69. The van der Waals surface area contributed by atoms with Crippen molar-refractivity contribution in [2.24, 2.45) is 5.41 Å². The number of hydrogen-bond donors (Lipinski definition) is 0. The molecule has 1 atom stereocenters. The summed E-state index contributed by atoms with van der Waals surface area (Å²) in [5, 5.41) is 0. The largest absolute Gasteiger partial charge is 0.0881 e. The van der Waals surface area contributed by atoms with Crippen molar-refractivity contribution in [3.63, 3.8) is 0 Å². The minimum atomic E-state index is 0.313. The SMILES string of the molecule is CC(C)(C)C(Br)Cc1ccc(Br)cc1. The predicted molar refractivity (Wildman–Crippen MR) is 70.0 cm³/mol. The van der Waals surface area contributed by atoms with Crippen LogP contribution in [-0.2, 0) is 6.42 Å². The van der Waals surface area contributed by atoms with Crippen molar-refractivity contribution >= 4 is 31.9 Å². The highest BCUT2D eigenvalue weighted by Gasteiger charge is 2.21. The second-order valence-corrected chi connectivity index (χ2v) is 6.69. The monoisotopic (exact) mass is 318 g/mol. The quantitative estimate of drug-likeness (QED) is 0.687. The third kappa shape index (κ3) is 3.74. The fourth-order valence-electron chi connectivity index (χ4n) is 1.13. The molecule has 0 aliphatic heterocycles. The van der Waals surface area contributed by atoms with Crippen molar-refractivity contribution < 1.29 is 0 Å². The lowest BCUT2D eigenvalue weighted by Gasteiger charge is -2.25. The van der Waals surface area contributed by atoms with Crippen molar-refractivity contribution in [1.82, 2.24) is 0 Å². The van der Waals surface area contributed by atoms with Crippen LogP contribution < -0.4 is 0 Å². The van der Waals surface area contributed by atoms with Crippen LogP contribution in [0.2, 0.25) is 0 Å². The molecule has 0 fully saturated rings. The van der Waals surface area contributed by atoms with E-state index in [-0.39, 0.29) is 0 Å². The Bertz CT molecular complexity index is 282. The Labute approximate surface area is 103 Å². The predicted octanol–water partition coefficient (Wildman–Crippen LogP) is 4.80. The maximum absolute atomic E-state index is 3.74. The van der Waals surface area contributed by atoms with Crippen LogP contribution in [0, 0.1) is 5.41 Å². The van der Waals surface area contributed by atoms with Crippen molar-refractivity contribution in [2.75, 3.05) is 0 Å². The number of halogens is 2. The van der Waals surface area contributed by atoms with Crippen LogP contribution in [0.1, 0.15) is 26.3 Å². The lowest BCUT2D eigenvalue weighted by atomic mass is 9.88. The van der Waals surface area contributed by atoms with Crippen molar-refractivity contribution in [2.45, 2.75) is 32.0 Å². The van der Waals surface area contributed by atoms with Gasteiger partial charge in [-0.05, 0) is 29.5 Å². The molecule has 0 nitrogen and oxygen atoms in total. The van der Waals surface area contributed by atoms with E-state index in [0.717, 1.165) is 10.9 Å². The number of hydrogen-bond acceptors (Lipinski definition) is 0. The molecule has 0 saturated carbocycles. The molecule has 1 aromatic rings. The van der Waals surface area contributed by atoms with E-state index < -0.39 is 0 Å². The molecule has 0 spiro atoms. The van der Waals surface area contributed by atoms with Crippen LogP contribution in [-0.4, -0.2) is 4.83 Å². The van der Waals surface area contributed by atoms with Crippen molar-refractivity contribution in [1.29, 1.82) is 0 Å². The van der Waals surface area contributed by atoms with Gasteiger partial charge < -0.3 is 0 Å². The zero-order valence-corrected chi connectivity index (χ0v) is 12.0. The molecule has 14 heavy (non-hydrogen) atoms. The lowest BCUT2D eigenvalue weighted by molar-refractivity contribution is 0.398. The summed E-state index contributed by atoms with van der Waals surface area (Å²) in [7, 11) is 0. The summed E-state index contributed by atoms with van der Waals surface area (Å²) in [4.78, 5) is 0.524. The minimum Gasteiger partial charge on any atom is -0.0881 e. The van der Waals surface area contributed by atoms with E-state index in [2.05, 4.69) is 76.9 Å². The van der Waals surface area contributed by atoms with E-state index in [1.165, 1.54) is 5.56 Å². The standard InChI is InChI=1S/C12H16Br2/c1-12(2,3)11(14)8-9-4-6-10(13)7-5-9/h4-7,11H,8H2,1-3H3. The summed E-state index contributed by atoms with van der Waals surface area (Å²) in [6, 6.07) is 8.53. The molecule has 0 saturated heterocycles. The van der Waals surface area contributed by atoms with Crippen LogP contribution in [0.4, 0.5) is 0 Å². The summed E-state index contributed by atoms with van der Waals surface area (Å²) >= 11 is 7.18. The fraction of sp³-hybridized carbons (Fsp3) is 0.500. The highest BCUT2D eigenvalue weighted by atomic mass is 79.9. The van der Waals surface area contributed by atoms with Gasteiger partial charge in [0.2, 0.25) is 0 Å². The topological polar surface area (TPSA) is 0 Å². The summed E-state index contributed by atoms with van der Waals surface area (Å²) < 4.78 is 1.14. The first-order chi connectivity index (χ1) is 6.39. The van der Waals surface area contributed by atoms with Crippen LogP contribution in [0.15, 0.2) is 28.7 Å². The molecular formula is C12H16Br2. The molecule has 78 valence electrons. The van der Waals surface area contributed by atoms with Gasteiger partial charge in [0.05, 0.1) is 0 Å². The zero-order chi connectivity index (χ0) is 10.8. The van der Waals surface area contributed by atoms with Gasteiger partial charge in [-0.3, -0.25) is 0 Å². The Hall–Kier alpha value is 0.180. The highest BCUT2D eigenvalue weighted by molar-refractivity contribution is 9.10. The Morgan fingerprint density at radius 2 is 1.64 bits per heavy atom. The third-order valence-electron chi connectivity index (χ3n) is 2.27. The maximum Gasteiger partial charge on any atom is 0.0234 e. The highest BCUT2D eigenvalue weighted by Crippen LogP contribution is 2.29. The molecule has 0 amide bonds. The molecule has 0 aliphatic rings. The van der Waals surface area contributed by atoms with Gasteiger partial charge in [0.25, 0.3) is 0 Å². The smallest absolute Gasteiger partial charge is 0.0234 e. The molecule has 0 bridgehead atoms. The molecule has 0 N–H and O–H groups in total. The Balaban J connectivity index is 2.65. The van der Waals surface area contributed by atoms with Crippen LogP contribution >= 0.6 is 31.9 Å². The van der Waals surface area contributed by atoms with Gasteiger partial charge in [0.1, 0.15) is 0 Å². The Morgan fingerprint density at radius 3 is 2.07 bits per heavy atom. The van der Waals surface area contributed by atoms with Gasteiger partial charge in [0, 0.05) is 9.30 Å². The van der Waals surface area contributed by atoms with E-state index in [4.69, 9.17) is 0 Å². The van der Waals surface area contributed by atoms with E-state index in [1.54, 1.807) is 0 Å². The Kier molecular flexibility index (Phi) is 4.20. The average Bonchev–Trinajstić information content (AvgIpc) is 2.07. The van der Waals surface area contributed by atoms with Crippen LogP contribution in [0.25, 0.3) is 0 Å². The summed E-state index contributed by atoms with van der Waals surface area (Å²) in [5.74, 6) is 0. The summed E-state index contributed by atoms with van der Waals surface area (Å²) in [6.45, 7) is 6.77. The van der Waals surface area contributed by atoms with Crippen LogP contribution in [0.3, 0.4) is 0 Å². The molecule has 2 heteroatoms. The molecule has 1 aromatic carbocycles. The van der Waals surface area contributed by atoms with E-state index >= 15 is 0 Å². The lowest BCUT2D eigenvalue weighted by Crippen LogP contribution is -2.22. The molecule has 1 unspecified atom stereocenters. The van der Waals surface area contributed by atoms with E-state index in [1.807, 2.05) is 0 Å². The molecule has 0 radical (unpaired) electrons. The normalized spacial score (nSPS) is 14.1. The molecule has 1 rings (SSSR count). The van der Waals surface area contributed by atoms with E-state index in [9.17, 15) is 0 Å². The fourth-order valence-corrected chi connectivity index (χ4v) is 1.77. The van der Waals surface area contributed by atoms with Gasteiger partial charge >= 0.3 is 0 Å². The first-order valence-corrected chi connectivity index (χ1v) is 6.49. The van der Waals surface area contributed by atoms with Gasteiger partial charge in [-0.1, -0.05) is 64.8 Å². The second-order valence-electron chi connectivity index (χ2n) is 4.66. The van der Waals surface area contributed by atoms with Gasteiger partial charge in [0.15, 0.2) is 0 Å². The first-order valence-electron chi connectivity index (χ1n) is 4.78. The average molecular weight is 320 g/mol. The molecule has 0 aliphatic carbocycles. The summed E-state index contributed by atoms with van der Waals surface area (Å²) in [6.07, 6.45) is 1.08. The maximum atomic E-state index is 3.74. The van der Waals surface area contributed by atoms with Gasteiger partial charge in [-0.2, -0.15) is 0 Å². The first kappa shape index (κ1) is 12.3. The molecular weight excluding hydrogens is 304 g/mol. The van der Waals surface area contributed by atoms with E-state index in [0.29, 0.717) is 10.2 Å². The van der Waals surface area contributed by atoms with Gasteiger partial charge in [-0.25, -0.2) is 0 Å². The number of benzene rings is 1.